The van der Waals surface area contributed by atoms with E-state index in [0.717, 1.165) is 11.3 Å². The number of hydrogen-bond acceptors (Lipinski definition) is 3. The number of nitrogens with zero attached hydrogens (tertiary/aromatic N) is 2. The summed E-state index contributed by atoms with van der Waals surface area (Å²) >= 11 is 0. The fraction of sp³-hybridized carbons (Fsp3) is 0.158. The van der Waals surface area contributed by atoms with Gasteiger partial charge >= 0.3 is 5.97 Å². The Balaban J connectivity index is 1.97. The highest BCUT2D eigenvalue weighted by Crippen LogP contribution is 2.22. The molecule has 122 valence electrons. The summed E-state index contributed by atoms with van der Waals surface area (Å²) in [7, 11) is 0. The Kier molecular flexibility index (Phi) is 4.42. The molecular formula is C19H17FN2O2. The standard InChI is InChI=1S/C19H17FN2O2/c1-3-15-12-18(22(21-15)16-9-6-8-14(20)11-16)24-19(23)17-10-5-4-7-13(17)2/h4-12H,3H2,1-2H3. The quantitative estimate of drug-likeness (QED) is 0.679. The Morgan fingerprint density at radius 2 is 1.96 bits per heavy atom. The molecule has 1 aromatic heterocycles. The average molecular weight is 324 g/mol. The maximum atomic E-state index is 13.5. The number of carbonyl (C=O) groups is 1. The lowest BCUT2D eigenvalue weighted by Crippen LogP contribution is -2.13. The number of halogens is 1. The van der Waals surface area contributed by atoms with Crippen LogP contribution in [0.25, 0.3) is 5.69 Å². The molecule has 5 heteroatoms. The Bertz CT molecular complexity index is 887. The van der Waals surface area contributed by atoms with Crippen LogP contribution in [0.5, 0.6) is 5.88 Å². The zero-order chi connectivity index (χ0) is 17.1. The van der Waals surface area contributed by atoms with Crippen molar-refractivity contribution < 1.29 is 13.9 Å². The van der Waals surface area contributed by atoms with Gasteiger partial charge < -0.3 is 4.74 Å². The summed E-state index contributed by atoms with van der Waals surface area (Å²) in [6, 6.07) is 14.9. The lowest BCUT2D eigenvalue weighted by atomic mass is 10.1. The fourth-order valence-electron chi connectivity index (χ4n) is 2.40. The number of aryl methyl sites for hydroxylation is 2. The van der Waals surface area contributed by atoms with Crippen LogP contribution in [0.4, 0.5) is 4.39 Å². The van der Waals surface area contributed by atoms with Gasteiger partial charge in [-0.25, -0.2) is 13.9 Å². The van der Waals surface area contributed by atoms with Gasteiger partial charge in [0, 0.05) is 6.07 Å². The van der Waals surface area contributed by atoms with Crippen molar-refractivity contribution in [2.45, 2.75) is 20.3 Å². The van der Waals surface area contributed by atoms with Crippen molar-refractivity contribution in [1.82, 2.24) is 9.78 Å². The van der Waals surface area contributed by atoms with E-state index in [-0.39, 0.29) is 11.7 Å². The SMILES string of the molecule is CCc1cc(OC(=O)c2ccccc2C)n(-c2cccc(F)c2)n1. The molecule has 3 rings (SSSR count). The minimum Gasteiger partial charge on any atom is -0.404 e. The Labute approximate surface area is 139 Å². The maximum Gasteiger partial charge on any atom is 0.345 e. The Morgan fingerprint density at radius 3 is 2.67 bits per heavy atom. The predicted octanol–water partition coefficient (Wildman–Crippen LogP) is 4.10. The molecule has 3 aromatic rings. The van der Waals surface area contributed by atoms with Gasteiger partial charge in [0.2, 0.25) is 5.88 Å². The van der Waals surface area contributed by atoms with Gasteiger partial charge in [0.1, 0.15) is 5.82 Å². The smallest absolute Gasteiger partial charge is 0.345 e. The number of hydrogen-bond donors (Lipinski definition) is 0. The number of benzene rings is 2. The van der Waals surface area contributed by atoms with E-state index in [1.54, 1.807) is 30.3 Å². The molecule has 0 aliphatic carbocycles. The van der Waals surface area contributed by atoms with Crippen molar-refractivity contribution in [3.05, 3.63) is 77.2 Å². The van der Waals surface area contributed by atoms with Crippen LogP contribution in [-0.4, -0.2) is 15.7 Å². The molecule has 24 heavy (non-hydrogen) atoms. The molecule has 4 nitrogen and oxygen atoms in total. The summed E-state index contributed by atoms with van der Waals surface area (Å²) in [4.78, 5) is 12.4. The van der Waals surface area contributed by atoms with E-state index in [1.165, 1.54) is 16.8 Å². The topological polar surface area (TPSA) is 44.1 Å². The van der Waals surface area contributed by atoms with Crippen LogP contribution < -0.4 is 4.74 Å². The van der Waals surface area contributed by atoms with Crippen LogP contribution in [0.3, 0.4) is 0 Å². The third-order valence-electron chi connectivity index (χ3n) is 3.70. The molecule has 0 aliphatic heterocycles. The van der Waals surface area contributed by atoms with Crippen molar-refractivity contribution in [3.63, 3.8) is 0 Å². The largest absolute Gasteiger partial charge is 0.404 e. The molecule has 0 atom stereocenters. The highest BCUT2D eigenvalue weighted by molar-refractivity contribution is 5.92. The first-order chi connectivity index (χ1) is 11.6. The van der Waals surface area contributed by atoms with Gasteiger partial charge in [0.15, 0.2) is 0 Å². The lowest BCUT2D eigenvalue weighted by molar-refractivity contribution is 0.0722. The summed E-state index contributed by atoms with van der Waals surface area (Å²) in [5.74, 6) is -0.573. The van der Waals surface area contributed by atoms with Crippen molar-refractivity contribution in [2.24, 2.45) is 0 Å². The minimum atomic E-state index is -0.465. The summed E-state index contributed by atoms with van der Waals surface area (Å²) in [5, 5.41) is 4.38. The molecule has 0 unspecified atom stereocenters. The fourth-order valence-corrected chi connectivity index (χ4v) is 2.40. The van der Waals surface area contributed by atoms with Crippen molar-refractivity contribution >= 4 is 5.97 Å². The highest BCUT2D eigenvalue weighted by atomic mass is 19.1. The maximum absolute atomic E-state index is 13.5. The van der Waals surface area contributed by atoms with E-state index in [1.807, 2.05) is 26.0 Å². The van der Waals surface area contributed by atoms with Gasteiger partial charge in [-0.3, -0.25) is 0 Å². The molecule has 0 aliphatic rings. The molecule has 1 heterocycles. The van der Waals surface area contributed by atoms with E-state index in [4.69, 9.17) is 4.74 Å². The second-order valence-corrected chi connectivity index (χ2v) is 5.42. The van der Waals surface area contributed by atoms with E-state index >= 15 is 0 Å². The van der Waals surface area contributed by atoms with E-state index in [9.17, 15) is 9.18 Å². The molecule has 0 fully saturated rings. The van der Waals surface area contributed by atoms with E-state index in [0.29, 0.717) is 17.7 Å². The first-order valence-electron chi connectivity index (χ1n) is 7.71. The first-order valence-corrected chi connectivity index (χ1v) is 7.71. The Hall–Kier alpha value is -2.95. The molecule has 0 spiro atoms. The molecule has 0 saturated carbocycles. The van der Waals surface area contributed by atoms with E-state index < -0.39 is 5.97 Å². The molecule has 0 radical (unpaired) electrons. The second kappa shape index (κ2) is 6.66. The molecule has 2 aromatic carbocycles. The predicted molar refractivity (Wildman–Crippen MR) is 89.0 cm³/mol. The monoisotopic (exact) mass is 324 g/mol. The Morgan fingerprint density at radius 1 is 1.17 bits per heavy atom. The number of esters is 1. The molecular weight excluding hydrogens is 307 g/mol. The summed E-state index contributed by atoms with van der Waals surface area (Å²) in [6.45, 7) is 3.79. The van der Waals surface area contributed by atoms with Crippen LogP contribution in [0.15, 0.2) is 54.6 Å². The first kappa shape index (κ1) is 15.9. The summed E-state index contributed by atoms with van der Waals surface area (Å²) in [6.07, 6.45) is 0.678. The average Bonchev–Trinajstić information content (AvgIpc) is 2.98. The van der Waals surface area contributed by atoms with Crippen LogP contribution in [0, 0.1) is 12.7 Å². The number of rotatable bonds is 4. The zero-order valence-corrected chi connectivity index (χ0v) is 13.5. The van der Waals surface area contributed by atoms with Crippen LogP contribution in [-0.2, 0) is 6.42 Å². The van der Waals surface area contributed by atoms with Crippen LogP contribution >= 0.6 is 0 Å². The number of carbonyl (C=O) groups excluding carboxylic acids is 1. The van der Waals surface area contributed by atoms with Gasteiger partial charge in [-0.2, -0.15) is 5.10 Å². The van der Waals surface area contributed by atoms with Gasteiger partial charge in [-0.1, -0.05) is 31.2 Å². The summed E-state index contributed by atoms with van der Waals surface area (Å²) < 4.78 is 20.5. The lowest BCUT2D eigenvalue weighted by Gasteiger charge is -2.09. The third-order valence-corrected chi connectivity index (χ3v) is 3.70. The van der Waals surface area contributed by atoms with Crippen molar-refractivity contribution in [3.8, 4) is 11.6 Å². The van der Waals surface area contributed by atoms with Crippen LogP contribution in [0.1, 0.15) is 28.5 Å². The zero-order valence-electron chi connectivity index (χ0n) is 13.5. The van der Waals surface area contributed by atoms with Gasteiger partial charge in [0.25, 0.3) is 0 Å². The normalized spacial score (nSPS) is 10.6. The highest BCUT2D eigenvalue weighted by Gasteiger charge is 2.17. The minimum absolute atomic E-state index is 0.269. The third kappa shape index (κ3) is 3.20. The van der Waals surface area contributed by atoms with Gasteiger partial charge in [0.05, 0.1) is 16.9 Å². The van der Waals surface area contributed by atoms with Crippen LogP contribution in [0.2, 0.25) is 0 Å². The van der Waals surface area contributed by atoms with Gasteiger partial charge in [-0.05, 0) is 43.2 Å². The molecule has 0 bridgehead atoms. The number of aromatic nitrogens is 2. The number of ether oxygens (including phenoxy) is 1. The molecule has 0 amide bonds. The summed E-state index contributed by atoms with van der Waals surface area (Å²) in [5.41, 5.74) is 2.58. The van der Waals surface area contributed by atoms with E-state index in [2.05, 4.69) is 5.10 Å². The molecule has 0 saturated heterocycles. The van der Waals surface area contributed by atoms with Gasteiger partial charge in [-0.15, -0.1) is 0 Å². The van der Waals surface area contributed by atoms with Crippen molar-refractivity contribution in [1.29, 1.82) is 0 Å². The second-order valence-electron chi connectivity index (χ2n) is 5.42. The van der Waals surface area contributed by atoms with Crippen molar-refractivity contribution in [2.75, 3.05) is 0 Å². The molecule has 0 N–H and O–H groups in total.